The molecule has 1 amide bonds. The van der Waals surface area contributed by atoms with Crippen LogP contribution in [0.1, 0.15) is 47.0 Å². The number of amides is 1. The summed E-state index contributed by atoms with van der Waals surface area (Å²) in [4.78, 5) is 29.5. The summed E-state index contributed by atoms with van der Waals surface area (Å²) in [6, 6.07) is -0.934. The fourth-order valence-electron chi connectivity index (χ4n) is 3.88. The van der Waals surface area contributed by atoms with Gasteiger partial charge in [0.2, 0.25) is 11.7 Å². The molecule has 0 bridgehead atoms. The van der Waals surface area contributed by atoms with Crippen LogP contribution >= 0.6 is 0 Å². The second-order valence-corrected chi connectivity index (χ2v) is 7.60. The molecule has 2 atom stereocenters. The predicted octanol–water partition coefficient (Wildman–Crippen LogP) is 2.97. The van der Waals surface area contributed by atoms with E-state index in [4.69, 9.17) is 5.73 Å². The molecule has 1 unspecified atom stereocenters. The first kappa shape index (κ1) is 24.6. The maximum absolute atomic E-state index is 13.9. The molecule has 0 saturated heterocycles. The van der Waals surface area contributed by atoms with Crippen LogP contribution in [0.4, 0.5) is 26.3 Å². The summed E-state index contributed by atoms with van der Waals surface area (Å²) in [5, 5.41) is 0. The van der Waals surface area contributed by atoms with E-state index < -0.39 is 59.1 Å². The van der Waals surface area contributed by atoms with E-state index in [0.717, 1.165) is 11.7 Å². The van der Waals surface area contributed by atoms with Gasteiger partial charge in [-0.2, -0.15) is 13.2 Å². The van der Waals surface area contributed by atoms with Gasteiger partial charge in [0.15, 0.2) is 17.3 Å². The highest BCUT2D eigenvalue weighted by Gasteiger charge is 2.44. The first-order chi connectivity index (χ1) is 15.3. The van der Waals surface area contributed by atoms with Crippen LogP contribution in [-0.4, -0.2) is 46.0 Å². The number of hydrogen-bond acceptors (Lipinski definition) is 5. The fourth-order valence-corrected chi connectivity index (χ4v) is 3.88. The van der Waals surface area contributed by atoms with Crippen LogP contribution in [0.3, 0.4) is 0 Å². The topological polar surface area (TPSA) is 90.5 Å². The van der Waals surface area contributed by atoms with Gasteiger partial charge in [-0.05, 0) is 25.0 Å². The van der Waals surface area contributed by atoms with E-state index in [1.807, 2.05) is 0 Å². The highest BCUT2D eigenvalue weighted by Crippen LogP contribution is 2.36. The molecule has 1 aliphatic rings. The number of methoxy groups -OCH3 is 1. The molecule has 13 heteroatoms. The fraction of sp³-hybridized carbons (Fsp3) is 0.450. The Morgan fingerprint density at radius 3 is 2.42 bits per heavy atom. The molecule has 180 valence electrons. The molecule has 7 nitrogen and oxygen atoms in total. The van der Waals surface area contributed by atoms with Crippen molar-refractivity contribution < 1.29 is 40.7 Å². The largest absolute Gasteiger partial charge is 0.464 e. The van der Waals surface area contributed by atoms with Crippen molar-refractivity contribution in [3.63, 3.8) is 0 Å². The van der Waals surface area contributed by atoms with Crippen molar-refractivity contribution in [2.24, 2.45) is 5.73 Å². The maximum Gasteiger partial charge on any atom is 0.449 e. The Hall–Kier alpha value is -3.09. The van der Waals surface area contributed by atoms with Crippen LogP contribution in [0.15, 0.2) is 12.1 Å². The number of hydrogen-bond donors (Lipinski definition) is 1. The van der Waals surface area contributed by atoms with E-state index in [1.165, 1.54) is 11.8 Å². The van der Waals surface area contributed by atoms with Crippen molar-refractivity contribution in [1.82, 2.24) is 14.5 Å². The molecule has 0 fully saturated rings. The van der Waals surface area contributed by atoms with E-state index in [-0.39, 0.29) is 37.2 Å². The first-order valence-electron chi connectivity index (χ1n) is 9.79. The summed E-state index contributed by atoms with van der Waals surface area (Å²) in [6.45, 7) is 1.02. The molecule has 1 aliphatic heterocycles. The summed E-state index contributed by atoms with van der Waals surface area (Å²) < 4.78 is 85.9. The number of imidazole rings is 1. The quantitative estimate of drug-likeness (QED) is 0.406. The first-order valence-corrected chi connectivity index (χ1v) is 9.79. The molecule has 1 aromatic heterocycles. The lowest BCUT2D eigenvalue weighted by molar-refractivity contribution is -0.148. The highest BCUT2D eigenvalue weighted by atomic mass is 19.4. The summed E-state index contributed by atoms with van der Waals surface area (Å²) in [6.07, 6.45) is -5.46. The zero-order chi connectivity index (χ0) is 24.7. The van der Waals surface area contributed by atoms with Gasteiger partial charge in [-0.1, -0.05) is 0 Å². The minimum atomic E-state index is -4.83. The molecule has 0 radical (unpaired) electrons. The Kier molecular flexibility index (Phi) is 6.73. The standard InChI is InChI=1S/C20H20F6N4O3/c1-9-17-16(18(32)33-2)28-19(20(24,25)26)30(17)4-3-29(9)15(31)7-11(27)5-10-6-13(22)14(23)8-12(10)21/h6,8-9,11H,3-5,7,27H2,1-2H3/t9-,11?/m1/s1. The van der Waals surface area contributed by atoms with Crippen LogP contribution < -0.4 is 5.73 Å². The number of fused-ring (bicyclic) bond motifs is 1. The third-order valence-corrected chi connectivity index (χ3v) is 5.40. The monoisotopic (exact) mass is 478 g/mol. The van der Waals surface area contributed by atoms with Crippen molar-refractivity contribution in [3.05, 3.63) is 52.4 Å². The van der Waals surface area contributed by atoms with Crippen LogP contribution in [0.25, 0.3) is 0 Å². The molecule has 2 heterocycles. The smallest absolute Gasteiger partial charge is 0.449 e. The van der Waals surface area contributed by atoms with Crippen LogP contribution in [0.5, 0.6) is 0 Å². The second kappa shape index (κ2) is 9.04. The number of ether oxygens (including phenoxy) is 1. The van der Waals surface area contributed by atoms with Crippen molar-refractivity contribution in [3.8, 4) is 0 Å². The van der Waals surface area contributed by atoms with E-state index in [2.05, 4.69) is 9.72 Å². The third kappa shape index (κ3) is 4.82. The SMILES string of the molecule is COC(=O)c1nc(C(F)(F)F)n2c1[C@@H](C)N(C(=O)CC(N)Cc1cc(F)c(F)cc1F)CC2. The van der Waals surface area contributed by atoms with Gasteiger partial charge in [0.25, 0.3) is 0 Å². The summed E-state index contributed by atoms with van der Waals surface area (Å²) >= 11 is 0. The lowest BCUT2D eigenvalue weighted by Crippen LogP contribution is -2.44. The normalized spacial score (nSPS) is 17.0. The molecule has 1 aromatic carbocycles. The van der Waals surface area contributed by atoms with Gasteiger partial charge in [0, 0.05) is 31.6 Å². The average Bonchev–Trinajstić information content (AvgIpc) is 3.12. The minimum Gasteiger partial charge on any atom is -0.464 e. The van der Waals surface area contributed by atoms with Crippen molar-refractivity contribution in [1.29, 1.82) is 0 Å². The van der Waals surface area contributed by atoms with E-state index in [9.17, 15) is 35.9 Å². The molecule has 33 heavy (non-hydrogen) atoms. The van der Waals surface area contributed by atoms with Gasteiger partial charge < -0.3 is 19.9 Å². The zero-order valence-corrected chi connectivity index (χ0v) is 17.5. The van der Waals surface area contributed by atoms with E-state index >= 15 is 0 Å². The zero-order valence-electron chi connectivity index (χ0n) is 17.5. The number of rotatable bonds is 5. The number of aromatic nitrogens is 2. The number of halogens is 6. The van der Waals surface area contributed by atoms with E-state index in [0.29, 0.717) is 12.1 Å². The maximum atomic E-state index is 13.9. The average molecular weight is 478 g/mol. The third-order valence-electron chi connectivity index (χ3n) is 5.40. The van der Waals surface area contributed by atoms with Crippen LogP contribution in [0.2, 0.25) is 0 Å². The number of nitrogens with two attached hydrogens (primary N) is 1. The number of carbonyl (C=O) groups excluding carboxylic acids is 2. The van der Waals surface area contributed by atoms with Gasteiger partial charge in [-0.25, -0.2) is 22.9 Å². The lowest BCUT2D eigenvalue weighted by atomic mass is 10.0. The van der Waals surface area contributed by atoms with Crippen molar-refractivity contribution in [2.45, 2.75) is 44.6 Å². The minimum absolute atomic E-state index is 0.126. The predicted molar refractivity (Wildman–Crippen MR) is 101 cm³/mol. The molecular formula is C20H20F6N4O3. The van der Waals surface area contributed by atoms with E-state index in [1.54, 1.807) is 0 Å². The Morgan fingerprint density at radius 2 is 1.82 bits per heavy atom. The van der Waals surface area contributed by atoms with Crippen molar-refractivity contribution >= 4 is 11.9 Å². The number of nitrogens with zero attached hydrogens (tertiary/aromatic N) is 3. The summed E-state index contributed by atoms with van der Waals surface area (Å²) in [7, 11) is 0.994. The van der Waals surface area contributed by atoms with Crippen LogP contribution in [0, 0.1) is 17.5 Å². The second-order valence-electron chi connectivity index (χ2n) is 7.60. The van der Waals surface area contributed by atoms with Crippen LogP contribution in [-0.2, 0) is 28.7 Å². The highest BCUT2D eigenvalue weighted by molar-refractivity contribution is 5.89. The summed E-state index contributed by atoms with van der Waals surface area (Å²) in [5.74, 6) is -6.58. The molecule has 3 rings (SSSR count). The Labute approximate surface area is 184 Å². The van der Waals surface area contributed by atoms with Gasteiger partial charge in [-0.15, -0.1) is 0 Å². The Bertz CT molecular complexity index is 1080. The lowest BCUT2D eigenvalue weighted by Gasteiger charge is -2.36. The molecular weight excluding hydrogens is 458 g/mol. The molecule has 0 saturated carbocycles. The van der Waals surface area contributed by atoms with Gasteiger partial charge in [-0.3, -0.25) is 4.79 Å². The Morgan fingerprint density at radius 1 is 1.18 bits per heavy atom. The number of alkyl halides is 3. The molecule has 2 aromatic rings. The number of carbonyl (C=O) groups is 2. The van der Waals surface area contributed by atoms with Gasteiger partial charge >= 0.3 is 12.1 Å². The van der Waals surface area contributed by atoms with Crippen molar-refractivity contribution in [2.75, 3.05) is 13.7 Å². The summed E-state index contributed by atoms with van der Waals surface area (Å²) in [5.41, 5.74) is 5.00. The molecule has 0 spiro atoms. The number of esters is 1. The molecule has 0 aliphatic carbocycles. The molecule has 2 N–H and O–H groups in total. The van der Waals surface area contributed by atoms with Gasteiger partial charge in [0.1, 0.15) is 5.82 Å². The van der Waals surface area contributed by atoms with Gasteiger partial charge in [0.05, 0.1) is 18.8 Å². The number of benzene rings is 1. The Balaban J connectivity index is 1.81.